The first-order valence-electron chi connectivity index (χ1n) is 27.3. The van der Waals surface area contributed by atoms with E-state index < -0.39 is 52.6 Å². The van der Waals surface area contributed by atoms with Crippen molar-refractivity contribution in [1.29, 1.82) is 0 Å². The second-order valence-electron chi connectivity index (χ2n) is 22.1. The maximum absolute atomic E-state index is 17.0. The van der Waals surface area contributed by atoms with E-state index >= 15 is 17.6 Å². The molecule has 4 aliphatic heterocycles. The minimum Gasteiger partial charge on any atom is -0.480 e. The molecule has 0 spiro atoms. The summed E-state index contributed by atoms with van der Waals surface area (Å²) in [5, 5.41) is 10.1. The van der Waals surface area contributed by atoms with E-state index in [2.05, 4.69) is 20.6 Å². The van der Waals surface area contributed by atoms with E-state index in [9.17, 15) is 19.2 Å². The summed E-state index contributed by atoms with van der Waals surface area (Å²) in [6.07, 6.45) is 5.86. The van der Waals surface area contributed by atoms with Gasteiger partial charge in [0.05, 0.1) is 16.0 Å². The van der Waals surface area contributed by atoms with Crippen molar-refractivity contribution in [1.82, 2.24) is 30.2 Å². The van der Waals surface area contributed by atoms with Gasteiger partial charge in [-0.3, -0.25) is 29.3 Å². The van der Waals surface area contributed by atoms with Crippen molar-refractivity contribution >= 4 is 52.1 Å². The van der Waals surface area contributed by atoms with Gasteiger partial charge in [-0.25, -0.2) is 22.4 Å². The SMILES string of the molecule is Cc1ccc(Oc2ccc(C(N)=O)c(-c3c(Cl)c(F)cc4c3[C@H](C)[C@@](CNC3CCC(C(=O)N5CCC(CN6CCC(c7c(F)cc8c(N9CCC(=O)NC9=O)nn(C)c8c7F)CC6)CC5)CC3)(c3ccccc3)O4)c2F)cc1. The number of anilines is 1. The number of carbonyl (C=O) groups excluding carboxylic acids is 4. The zero-order valence-corrected chi connectivity index (χ0v) is 45.1. The van der Waals surface area contributed by atoms with Gasteiger partial charge in [0.2, 0.25) is 17.7 Å². The van der Waals surface area contributed by atoms with Gasteiger partial charge in [0, 0.05) is 92.4 Å². The molecule has 1 aliphatic carbocycles. The smallest absolute Gasteiger partial charge is 0.329 e. The summed E-state index contributed by atoms with van der Waals surface area (Å²) in [6.45, 7) is 7.76. The fourth-order valence-corrected chi connectivity index (χ4v) is 13.2. The van der Waals surface area contributed by atoms with Crippen LogP contribution in [-0.4, -0.2) is 95.2 Å². The molecule has 11 rings (SSSR count). The van der Waals surface area contributed by atoms with Crippen molar-refractivity contribution in [2.24, 2.45) is 24.6 Å². The number of piperidine rings is 2. The molecule has 414 valence electrons. The minimum atomic E-state index is -1.13. The first-order valence-corrected chi connectivity index (χ1v) is 27.7. The minimum absolute atomic E-state index is 0.0374. The van der Waals surface area contributed by atoms with Crippen LogP contribution in [0.2, 0.25) is 5.02 Å². The summed E-state index contributed by atoms with van der Waals surface area (Å²) >= 11 is 6.83. The van der Waals surface area contributed by atoms with Crippen LogP contribution < -0.4 is 30.7 Å². The van der Waals surface area contributed by atoms with Gasteiger partial charge < -0.3 is 30.3 Å². The number of halogens is 5. The van der Waals surface area contributed by atoms with Gasteiger partial charge in [-0.15, -0.1) is 0 Å². The third kappa shape index (κ3) is 10.2. The van der Waals surface area contributed by atoms with Gasteiger partial charge in [0.1, 0.15) is 28.7 Å². The number of nitrogens with two attached hydrogens (primary N) is 1. The monoisotopic (exact) mass is 1100 g/mol. The van der Waals surface area contributed by atoms with Crippen LogP contribution in [0.1, 0.15) is 109 Å². The van der Waals surface area contributed by atoms with E-state index in [0.717, 1.165) is 43.4 Å². The van der Waals surface area contributed by atoms with Crippen LogP contribution >= 0.6 is 11.6 Å². The molecule has 0 bridgehead atoms. The molecule has 1 aromatic heterocycles. The molecule has 4 fully saturated rings. The molecule has 5 aliphatic rings. The lowest BCUT2D eigenvalue weighted by atomic mass is 9.77. The number of ether oxygens (including phenoxy) is 2. The predicted molar refractivity (Wildman–Crippen MR) is 291 cm³/mol. The second-order valence-corrected chi connectivity index (χ2v) is 22.5. The Morgan fingerprint density at radius 3 is 2.24 bits per heavy atom. The number of hydrogen-bond acceptors (Lipinski definition) is 9. The van der Waals surface area contributed by atoms with Gasteiger partial charge in [-0.05, 0) is 119 Å². The highest BCUT2D eigenvalue weighted by Crippen LogP contribution is 2.57. The Balaban J connectivity index is 0.704. The van der Waals surface area contributed by atoms with Gasteiger partial charge >= 0.3 is 6.03 Å². The van der Waals surface area contributed by atoms with Crippen LogP contribution in [0.3, 0.4) is 0 Å². The quantitative estimate of drug-likeness (QED) is 0.0955. The Labute approximate surface area is 460 Å². The molecule has 3 saturated heterocycles. The number of carbonyl (C=O) groups is 4. The van der Waals surface area contributed by atoms with Crippen molar-refractivity contribution in [3.05, 3.63) is 135 Å². The maximum atomic E-state index is 17.0. The van der Waals surface area contributed by atoms with Crippen LogP contribution in [0.25, 0.3) is 22.0 Å². The number of amides is 5. The van der Waals surface area contributed by atoms with E-state index in [1.165, 1.54) is 33.8 Å². The van der Waals surface area contributed by atoms with Crippen molar-refractivity contribution in [2.75, 3.05) is 50.7 Å². The zero-order valence-electron chi connectivity index (χ0n) is 44.4. The standard InChI is InChI=1S/C60H63ClF4N8O6/c1-33-9-15-40(16-10-33)78-45-18-17-41(56(66)75)50(53(45)64)51-48-34(2)60(38-7-5-4-6-8-38,79-46(48)30-44(63)52(51)61)32-67-39-13-11-37(12-14-39)58(76)72-26-19-35(20-27-72)31-71-24-21-36(22-25-71)49-43(62)29-42-55(54(49)65)70(3)69-57(42)73-28-23-47(74)68-59(73)77/h4-10,15-18,29-30,34-37,39,67H,11-14,19-28,31-32H2,1-3H3,(H2,66,75)(H,68,74,77)/t34-,37?,39?,60-/m0/s1. The number of fused-ring (bicyclic) bond motifs is 2. The Kier molecular flexibility index (Phi) is 15.0. The van der Waals surface area contributed by atoms with E-state index in [1.807, 2.05) is 61.2 Å². The zero-order chi connectivity index (χ0) is 55.4. The highest BCUT2D eigenvalue weighted by atomic mass is 35.5. The maximum Gasteiger partial charge on any atom is 0.329 e. The van der Waals surface area contributed by atoms with Gasteiger partial charge in [0.25, 0.3) is 0 Å². The number of nitrogens with one attached hydrogen (secondary N) is 2. The molecule has 14 nitrogen and oxygen atoms in total. The fraction of sp³-hybridized carbons (Fsp3) is 0.417. The predicted octanol–water partition coefficient (Wildman–Crippen LogP) is 10.8. The van der Waals surface area contributed by atoms with E-state index in [-0.39, 0.29) is 98.8 Å². The van der Waals surface area contributed by atoms with Gasteiger partial charge in [-0.2, -0.15) is 5.10 Å². The topological polar surface area (TPSA) is 164 Å². The Morgan fingerprint density at radius 1 is 0.848 bits per heavy atom. The summed E-state index contributed by atoms with van der Waals surface area (Å²) in [6, 6.07) is 21.1. The van der Waals surface area contributed by atoms with Crippen molar-refractivity contribution in [2.45, 2.75) is 95.1 Å². The molecular formula is C60H63ClF4N8O6. The molecule has 5 aromatic carbocycles. The van der Waals surface area contributed by atoms with Crippen LogP contribution in [0.4, 0.5) is 28.2 Å². The van der Waals surface area contributed by atoms with E-state index in [1.54, 1.807) is 19.2 Å². The van der Waals surface area contributed by atoms with Gasteiger partial charge in [0.15, 0.2) is 28.8 Å². The first kappa shape index (κ1) is 54.0. The Bertz CT molecular complexity index is 3360. The lowest BCUT2D eigenvalue weighted by Gasteiger charge is -2.40. The number of primary amides is 1. The number of nitrogens with zero attached hydrogens (tertiary/aromatic N) is 5. The summed E-state index contributed by atoms with van der Waals surface area (Å²) < 4.78 is 79.4. The molecule has 5 amide bonds. The highest BCUT2D eigenvalue weighted by Gasteiger charge is 2.50. The summed E-state index contributed by atoms with van der Waals surface area (Å²) in [4.78, 5) is 57.0. The average Bonchev–Trinajstić information content (AvgIpc) is 4.05. The molecule has 5 heterocycles. The second kappa shape index (κ2) is 21.9. The number of aromatic nitrogens is 2. The van der Waals surface area contributed by atoms with Crippen LogP contribution in [-0.2, 0) is 22.2 Å². The fourth-order valence-electron chi connectivity index (χ4n) is 12.9. The number of imide groups is 1. The van der Waals surface area contributed by atoms with Gasteiger partial charge in [-0.1, -0.05) is 66.6 Å². The third-order valence-corrected chi connectivity index (χ3v) is 17.7. The first-order chi connectivity index (χ1) is 38.0. The highest BCUT2D eigenvalue weighted by molar-refractivity contribution is 6.34. The average molecular weight is 1100 g/mol. The molecule has 0 unspecified atom stereocenters. The summed E-state index contributed by atoms with van der Waals surface area (Å²) in [5.41, 5.74) is 6.57. The van der Waals surface area contributed by atoms with Crippen LogP contribution in [0.5, 0.6) is 17.2 Å². The van der Waals surface area contributed by atoms with Crippen molar-refractivity contribution < 1.29 is 46.2 Å². The lowest BCUT2D eigenvalue weighted by Crippen LogP contribution is -2.49. The molecular weight excluding hydrogens is 1040 g/mol. The number of aryl methyl sites for hydroxylation is 2. The van der Waals surface area contributed by atoms with E-state index in [4.69, 9.17) is 26.8 Å². The number of rotatable bonds is 13. The summed E-state index contributed by atoms with van der Waals surface area (Å²) in [5.74, 6) is -4.49. The summed E-state index contributed by atoms with van der Waals surface area (Å²) in [7, 11) is 1.56. The van der Waals surface area contributed by atoms with Crippen LogP contribution in [0.15, 0.2) is 78.9 Å². The molecule has 19 heteroatoms. The number of likely N-dealkylation sites (tertiary alicyclic amines) is 2. The Hall–Kier alpha value is -7.02. The molecule has 4 N–H and O–H groups in total. The third-order valence-electron chi connectivity index (χ3n) is 17.3. The lowest BCUT2D eigenvalue weighted by molar-refractivity contribution is -0.138. The molecule has 2 atom stereocenters. The number of benzene rings is 5. The van der Waals surface area contributed by atoms with E-state index in [0.29, 0.717) is 69.1 Å². The number of hydrogen-bond donors (Lipinski definition) is 3. The molecule has 1 saturated carbocycles. The molecule has 6 aromatic rings. The van der Waals surface area contributed by atoms with Crippen LogP contribution in [0, 0.1) is 42.0 Å². The molecule has 79 heavy (non-hydrogen) atoms. The molecule has 0 radical (unpaired) electrons. The van der Waals surface area contributed by atoms with Crippen molar-refractivity contribution in [3.63, 3.8) is 0 Å². The largest absolute Gasteiger partial charge is 0.480 e. The normalized spacial score (nSPS) is 22.3. The number of urea groups is 1. The Morgan fingerprint density at radius 2 is 1.56 bits per heavy atom. The van der Waals surface area contributed by atoms with Crippen molar-refractivity contribution in [3.8, 4) is 28.4 Å².